The van der Waals surface area contributed by atoms with Crippen LogP contribution in [0.15, 0.2) is 0 Å². The summed E-state index contributed by atoms with van der Waals surface area (Å²) in [7, 11) is 1.58. The molecule has 0 aromatic carbocycles. The topological polar surface area (TPSA) is 35.5 Å². The molecular formula is C7H13IO3. The van der Waals surface area contributed by atoms with Crippen LogP contribution in [0.4, 0.5) is 0 Å². The lowest BCUT2D eigenvalue weighted by Crippen LogP contribution is -2.29. The standard InChI is InChI=1S/C7H13IO3/c1-4-11-7(9)6(8)5(2)10-3/h5-6H,4H2,1-3H3. The number of carbonyl (C=O) groups excluding carboxylic acids is 1. The van der Waals surface area contributed by atoms with Crippen molar-refractivity contribution in [3.05, 3.63) is 0 Å². The summed E-state index contributed by atoms with van der Waals surface area (Å²) in [5, 5.41) is 0. The van der Waals surface area contributed by atoms with Gasteiger partial charge in [-0.15, -0.1) is 0 Å². The van der Waals surface area contributed by atoms with E-state index in [1.807, 2.05) is 29.5 Å². The number of esters is 1. The monoisotopic (exact) mass is 272 g/mol. The van der Waals surface area contributed by atoms with Gasteiger partial charge in [0.05, 0.1) is 12.7 Å². The highest BCUT2D eigenvalue weighted by Crippen LogP contribution is 2.10. The van der Waals surface area contributed by atoms with Gasteiger partial charge in [0, 0.05) is 7.11 Å². The Hall–Kier alpha value is 0.160. The van der Waals surface area contributed by atoms with Crippen molar-refractivity contribution in [2.24, 2.45) is 0 Å². The molecule has 11 heavy (non-hydrogen) atoms. The molecule has 2 atom stereocenters. The molecule has 0 aliphatic rings. The summed E-state index contributed by atoms with van der Waals surface area (Å²) in [5.74, 6) is -0.206. The Morgan fingerprint density at radius 1 is 1.64 bits per heavy atom. The van der Waals surface area contributed by atoms with E-state index in [-0.39, 0.29) is 16.0 Å². The van der Waals surface area contributed by atoms with Crippen molar-refractivity contribution in [2.75, 3.05) is 13.7 Å². The molecule has 4 heteroatoms. The fraction of sp³-hybridized carbons (Fsp3) is 0.857. The van der Waals surface area contributed by atoms with Crippen LogP contribution in [-0.2, 0) is 14.3 Å². The predicted molar refractivity (Wildman–Crippen MR) is 50.9 cm³/mol. The molecule has 0 radical (unpaired) electrons. The van der Waals surface area contributed by atoms with Crippen molar-refractivity contribution in [3.8, 4) is 0 Å². The largest absolute Gasteiger partial charge is 0.465 e. The lowest BCUT2D eigenvalue weighted by molar-refractivity contribution is -0.144. The number of halogens is 1. The van der Waals surface area contributed by atoms with Gasteiger partial charge in [0.2, 0.25) is 0 Å². The fourth-order valence-corrected chi connectivity index (χ4v) is 1.01. The van der Waals surface area contributed by atoms with Gasteiger partial charge in [0.15, 0.2) is 0 Å². The van der Waals surface area contributed by atoms with Crippen LogP contribution in [-0.4, -0.2) is 29.7 Å². The zero-order chi connectivity index (χ0) is 8.85. The number of hydrogen-bond donors (Lipinski definition) is 0. The summed E-state index contributed by atoms with van der Waals surface area (Å²) in [6.45, 7) is 4.06. The zero-order valence-corrected chi connectivity index (χ0v) is 9.12. The molecule has 2 unspecified atom stereocenters. The van der Waals surface area contributed by atoms with E-state index in [0.29, 0.717) is 6.61 Å². The summed E-state index contributed by atoms with van der Waals surface area (Å²) < 4.78 is 9.56. The Bertz CT molecular complexity index is 127. The van der Waals surface area contributed by atoms with E-state index in [2.05, 4.69) is 0 Å². The number of hydrogen-bond acceptors (Lipinski definition) is 3. The molecular weight excluding hydrogens is 259 g/mol. The van der Waals surface area contributed by atoms with Gasteiger partial charge >= 0.3 is 5.97 Å². The number of rotatable bonds is 4. The Kier molecular flexibility index (Phi) is 5.85. The average molecular weight is 272 g/mol. The second kappa shape index (κ2) is 5.77. The summed E-state index contributed by atoms with van der Waals surface area (Å²) in [6.07, 6.45) is -0.0883. The third kappa shape index (κ3) is 3.91. The van der Waals surface area contributed by atoms with E-state index in [4.69, 9.17) is 9.47 Å². The van der Waals surface area contributed by atoms with E-state index >= 15 is 0 Å². The quantitative estimate of drug-likeness (QED) is 0.440. The predicted octanol–water partition coefficient (Wildman–Crippen LogP) is 1.39. The van der Waals surface area contributed by atoms with Gasteiger partial charge in [-0.05, 0) is 13.8 Å². The molecule has 0 fully saturated rings. The van der Waals surface area contributed by atoms with Gasteiger partial charge in [-0.2, -0.15) is 0 Å². The lowest BCUT2D eigenvalue weighted by Gasteiger charge is -2.14. The van der Waals surface area contributed by atoms with Gasteiger partial charge in [-0.1, -0.05) is 22.6 Å². The van der Waals surface area contributed by atoms with Crippen LogP contribution in [0.3, 0.4) is 0 Å². The van der Waals surface area contributed by atoms with E-state index in [0.717, 1.165) is 0 Å². The average Bonchev–Trinajstić information content (AvgIpc) is 2.02. The first-order valence-corrected chi connectivity index (χ1v) is 4.71. The number of carbonyl (C=O) groups is 1. The third-order valence-corrected chi connectivity index (χ3v) is 2.82. The maximum absolute atomic E-state index is 11.0. The maximum Gasteiger partial charge on any atom is 0.321 e. The maximum atomic E-state index is 11.0. The second-order valence-electron chi connectivity index (χ2n) is 2.09. The molecule has 0 rings (SSSR count). The van der Waals surface area contributed by atoms with E-state index < -0.39 is 0 Å². The molecule has 0 amide bonds. The van der Waals surface area contributed by atoms with E-state index in [9.17, 15) is 4.79 Å². The van der Waals surface area contributed by atoms with Crippen molar-refractivity contribution in [3.63, 3.8) is 0 Å². The van der Waals surface area contributed by atoms with Crippen LogP contribution in [0.25, 0.3) is 0 Å². The minimum Gasteiger partial charge on any atom is -0.465 e. The van der Waals surface area contributed by atoms with Crippen molar-refractivity contribution in [2.45, 2.75) is 23.9 Å². The highest BCUT2D eigenvalue weighted by molar-refractivity contribution is 14.1. The molecule has 3 nitrogen and oxygen atoms in total. The molecule has 0 bridgehead atoms. The van der Waals surface area contributed by atoms with Gasteiger partial charge in [0.25, 0.3) is 0 Å². The van der Waals surface area contributed by atoms with Gasteiger partial charge < -0.3 is 9.47 Å². The van der Waals surface area contributed by atoms with Gasteiger partial charge in [-0.25, -0.2) is 0 Å². The number of ether oxygens (including phenoxy) is 2. The first-order chi connectivity index (χ1) is 5.13. The number of methoxy groups -OCH3 is 1. The molecule has 0 heterocycles. The summed E-state index contributed by atoms with van der Waals surface area (Å²) >= 11 is 2.02. The molecule has 0 aliphatic heterocycles. The summed E-state index contributed by atoms with van der Waals surface area (Å²) in [4.78, 5) is 11.0. The summed E-state index contributed by atoms with van der Waals surface area (Å²) in [5.41, 5.74) is 0. The van der Waals surface area contributed by atoms with E-state index in [1.54, 1.807) is 14.0 Å². The fourth-order valence-electron chi connectivity index (χ4n) is 0.533. The minimum absolute atomic E-state index is 0.0883. The molecule has 0 aromatic heterocycles. The highest BCUT2D eigenvalue weighted by atomic mass is 127. The molecule has 0 saturated heterocycles. The highest BCUT2D eigenvalue weighted by Gasteiger charge is 2.22. The Morgan fingerprint density at radius 3 is 2.55 bits per heavy atom. The van der Waals surface area contributed by atoms with Crippen molar-refractivity contribution >= 4 is 28.6 Å². The molecule has 0 spiro atoms. The Balaban J connectivity index is 3.80. The van der Waals surface area contributed by atoms with Crippen molar-refractivity contribution < 1.29 is 14.3 Å². The van der Waals surface area contributed by atoms with Crippen LogP contribution in [0, 0.1) is 0 Å². The molecule has 66 valence electrons. The molecule has 0 saturated carbocycles. The van der Waals surface area contributed by atoms with E-state index in [1.165, 1.54) is 0 Å². The number of alkyl halides is 1. The van der Waals surface area contributed by atoms with Crippen molar-refractivity contribution in [1.82, 2.24) is 0 Å². The Morgan fingerprint density at radius 2 is 2.18 bits per heavy atom. The van der Waals surface area contributed by atoms with Crippen LogP contribution >= 0.6 is 22.6 Å². The molecule has 0 aliphatic carbocycles. The smallest absolute Gasteiger partial charge is 0.321 e. The van der Waals surface area contributed by atoms with Crippen LogP contribution in [0.2, 0.25) is 0 Å². The zero-order valence-electron chi connectivity index (χ0n) is 6.96. The SMILES string of the molecule is CCOC(=O)C(I)C(C)OC. The molecule has 0 N–H and O–H groups in total. The second-order valence-corrected chi connectivity index (χ2v) is 3.44. The third-order valence-electron chi connectivity index (χ3n) is 1.30. The van der Waals surface area contributed by atoms with Crippen LogP contribution in [0.5, 0.6) is 0 Å². The first-order valence-electron chi connectivity index (χ1n) is 3.47. The van der Waals surface area contributed by atoms with Gasteiger partial charge in [-0.3, -0.25) is 4.79 Å². The Labute approximate surface area is 80.6 Å². The summed E-state index contributed by atoms with van der Waals surface area (Å²) in [6, 6.07) is 0. The van der Waals surface area contributed by atoms with Crippen LogP contribution in [0.1, 0.15) is 13.8 Å². The van der Waals surface area contributed by atoms with Crippen LogP contribution < -0.4 is 0 Å². The minimum atomic E-state index is -0.211. The van der Waals surface area contributed by atoms with Crippen molar-refractivity contribution in [1.29, 1.82) is 0 Å². The lowest BCUT2D eigenvalue weighted by atomic mass is 10.3. The first kappa shape index (κ1) is 11.2. The molecule has 0 aromatic rings. The normalized spacial score (nSPS) is 15.6. The van der Waals surface area contributed by atoms with Gasteiger partial charge in [0.1, 0.15) is 3.92 Å².